The zero-order valence-electron chi connectivity index (χ0n) is 15.9. The van der Waals surface area contributed by atoms with E-state index >= 15 is 0 Å². The van der Waals surface area contributed by atoms with Crippen LogP contribution in [0.5, 0.6) is 0 Å². The Labute approximate surface area is 167 Å². The Morgan fingerprint density at radius 3 is 2.54 bits per heavy atom. The number of para-hydroxylation sites is 1. The summed E-state index contributed by atoms with van der Waals surface area (Å²) in [5.74, 6) is 0.0352. The number of carbonyl (C=O) groups excluding carboxylic acids is 1. The summed E-state index contributed by atoms with van der Waals surface area (Å²) < 4.78 is 6.26. The van der Waals surface area contributed by atoms with Gasteiger partial charge in [0.05, 0.1) is 15.0 Å². The van der Waals surface area contributed by atoms with Gasteiger partial charge in [-0.1, -0.05) is 31.4 Å². The highest BCUT2D eigenvalue weighted by atomic mass is 32.1. The van der Waals surface area contributed by atoms with Crippen LogP contribution in [0.25, 0.3) is 21.1 Å². The summed E-state index contributed by atoms with van der Waals surface area (Å²) in [6.45, 7) is 3.43. The third kappa shape index (κ3) is 3.14. The van der Waals surface area contributed by atoms with E-state index in [2.05, 4.69) is 4.90 Å². The molecule has 1 amide bonds. The predicted octanol–water partition coefficient (Wildman–Crippen LogP) is 4.10. The van der Waals surface area contributed by atoms with Crippen LogP contribution in [0.15, 0.2) is 39.5 Å². The molecule has 0 spiro atoms. The van der Waals surface area contributed by atoms with Crippen molar-refractivity contribution < 1.29 is 9.21 Å². The third-order valence-corrected chi connectivity index (χ3v) is 7.35. The Morgan fingerprint density at radius 1 is 1.00 bits per heavy atom. The molecule has 1 aliphatic carbocycles. The van der Waals surface area contributed by atoms with Crippen LogP contribution in [0.4, 0.5) is 0 Å². The van der Waals surface area contributed by atoms with E-state index in [0.717, 1.165) is 36.3 Å². The maximum Gasteiger partial charge on any atom is 0.345 e. The van der Waals surface area contributed by atoms with Crippen molar-refractivity contribution in [2.24, 2.45) is 0 Å². The van der Waals surface area contributed by atoms with Gasteiger partial charge in [-0.05, 0) is 31.0 Å². The first kappa shape index (κ1) is 17.9. The van der Waals surface area contributed by atoms with Crippen LogP contribution in [0.2, 0.25) is 0 Å². The largest absolute Gasteiger partial charge is 0.422 e. The molecule has 0 unspecified atom stereocenters. The number of carbonyl (C=O) groups is 1. The number of hydrogen-bond acceptors (Lipinski definition) is 5. The van der Waals surface area contributed by atoms with Gasteiger partial charge in [0.15, 0.2) is 0 Å². The van der Waals surface area contributed by atoms with Crippen LogP contribution in [0.1, 0.15) is 41.8 Å². The van der Waals surface area contributed by atoms with Gasteiger partial charge in [-0.15, -0.1) is 11.3 Å². The summed E-state index contributed by atoms with van der Waals surface area (Å²) in [5.41, 5.74) is 0.202. The summed E-state index contributed by atoms with van der Waals surface area (Å²) in [4.78, 5) is 30.5. The molecule has 146 valence electrons. The summed E-state index contributed by atoms with van der Waals surface area (Å²) in [5, 5.41) is 1.40. The number of nitrogens with zero attached hydrogens (tertiary/aromatic N) is 2. The van der Waals surface area contributed by atoms with Crippen LogP contribution in [0, 0.1) is 0 Å². The van der Waals surface area contributed by atoms with Crippen molar-refractivity contribution in [3.05, 3.63) is 45.6 Å². The van der Waals surface area contributed by atoms with Gasteiger partial charge >= 0.3 is 5.63 Å². The minimum Gasteiger partial charge on any atom is -0.422 e. The lowest BCUT2D eigenvalue weighted by Gasteiger charge is -2.40. The van der Waals surface area contributed by atoms with Crippen LogP contribution < -0.4 is 5.63 Å². The van der Waals surface area contributed by atoms with Gasteiger partial charge in [-0.3, -0.25) is 9.69 Å². The van der Waals surface area contributed by atoms with Gasteiger partial charge in [0.2, 0.25) is 0 Å². The van der Waals surface area contributed by atoms with Crippen molar-refractivity contribution >= 4 is 38.3 Å². The molecule has 6 heteroatoms. The van der Waals surface area contributed by atoms with Crippen molar-refractivity contribution in [3.8, 4) is 0 Å². The average Bonchev–Trinajstić information content (AvgIpc) is 3.21. The van der Waals surface area contributed by atoms with E-state index in [0.29, 0.717) is 21.9 Å². The van der Waals surface area contributed by atoms with E-state index in [1.807, 2.05) is 23.1 Å². The van der Waals surface area contributed by atoms with Gasteiger partial charge in [-0.2, -0.15) is 0 Å². The topological polar surface area (TPSA) is 53.8 Å². The Bertz CT molecular complexity index is 1070. The molecular weight excluding hydrogens is 372 g/mol. The van der Waals surface area contributed by atoms with Crippen molar-refractivity contribution in [1.29, 1.82) is 0 Å². The lowest BCUT2D eigenvalue weighted by Crippen LogP contribution is -2.52. The summed E-state index contributed by atoms with van der Waals surface area (Å²) in [7, 11) is 0. The molecular formula is C22H24N2O3S. The highest BCUT2D eigenvalue weighted by Gasteiger charge is 2.28. The molecule has 1 aliphatic heterocycles. The quantitative estimate of drug-likeness (QED) is 0.612. The van der Waals surface area contributed by atoms with Crippen LogP contribution in [-0.4, -0.2) is 47.9 Å². The van der Waals surface area contributed by atoms with Crippen molar-refractivity contribution in [2.45, 2.75) is 38.1 Å². The first-order chi connectivity index (χ1) is 13.7. The molecule has 1 saturated carbocycles. The third-order valence-electron chi connectivity index (χ3n) is 6.19. The normalized spacial score (nSPS) is 19.5. The number of rotatable bonds is 2. The first-order valence-corrected chi connectivity index (χ1v) is 11.0. The molecule has 28 heavy (non-hydrogen) atoms. The first-order valence-electron chi connectivity index (χ1n) is 10.2. The van der Waals surface area contributed by atoms with Gasteiger partial charge < -0.3 is 9.32 Å². The number of benzene rings is 1. The zero-order valence-corrected chi connectivity index (χ0v) is 16.7. The number of piperazine rings is 1. The highest BCUT2D eigenvalue weighted by molar-refractivity contribution is 7.21. The SMILES string of the molecule is O=C(c1cc2c(=O)oc3ccccc3c2s1)N1CCN(C2CCCCC2)CC1. The standard InChI is InChI=1S/C22H24N2O3S/c25-21(24-12-10-23(11-13-24)15-6-2-1-3-7-15)19-14-17-20(28-19)16-8-4-5-9-18(16)27-22(17)26/h4-5,8-9,14-15H,1-3,6-7,10-13H2. The molecule has 5 nitrogen and oxygen atoms in total. The Balaban J connectivity index is 1.37. The molecule has 3 heterocycles. The second kappa shape index (κ2) is 7.33. The fourth-order valence-corrected chi connectivity index (χ4v) is 5.78. The van der Waals surface area contributed by atoms with E-state index in [1.165, 1.54) is 43.4 Å². The lowest BCUT2D eigenvalue weighted by atomic mass is 9.94. The smallest absolute Gasteiger partial charge is 0.345 e. The number of hydrogen-bond donors (Lipinski definition) is 0. The van der Waals surface area contributed by atoms with Crippen LogP contribution in [-0.2, 0) is 0 Å². The molecule has 5 rings (SSSR count). The maximum atomic E-state index is 13.1. The lowest BCUT2D eigenvalue weighted by molar-refractivity contribution is 0.0527. The van der Waals surface area contributed by atoms with Crippen molar-refractivity contribution in [2.75, 3.05) is 26.2 Å². The molecule has 1 aromatic carbocycles. The summed E-state index contributed by atoms with van der Waals surface area (Å²) in [6, 6.07) is 9.92. The summed E-state index contributed by atoms with van der Waals surface area (Å²) >= 11 is 1.41. The van der Waals surface area contributed by atoms with Crippen molar-refractivity contribution in [3.63, 3.8) is 0 Å². The zero-order chi connectivity index (χ0) is 19.1. The van der Waals surface area contributed by atoms with Gasteiger partial charge in [0.1, 0.15) is 5.58 Å². The molecule has 0 atom stereocenters. The molecule has 3 aromatic rings. The molecule has 2 aliphatic rings. The monoisotopic (exact) mass is 396 g/mol. The molecule has 2 fully saturated rings. The molecule has 1 saturated heterocycles. The Hall–Kier alpha value is -2.18. The molecule has 0 radical (unpaired) electrons. The average molecular weight is 397 g/mol. The van der Waals surface area contributed by atoms with Gasteiger partial charge in [0, 0.05) is 37.6 Å². The van der Waals surface area contributed by atoms with Gasteiger partial charge in [-0.25, -0.2) is 4.79 Å². The minimum atomic E-state index is -0.369. The Morgan fingerprint density at radius 2 is 1.75 bits per heavy atom. The van der Waals surface area contributed by atoms with Gasteiger partial charge in [0.25, 0.3) is 5.91 Å². The fraction of sp³-hybridized carbons (Fsp3) is 0.455. The van der Waals surface area contributed by atoms with E-state index in [9.17, 15) is 9.59 Å². The van der Waals surface area contributed by atoms with E-state index in [4.69, 9.17) is 4.42 Å². The Kier molecular flexibility index (Phi) is 4.69. The number of fused-ring (bicyclic) bond motifs is 3. The van der Waals surface area contributed by atoms with Crippen LogP contribution >= 0.6 is 11.3 Å². The highest BCUT2D eigenvalue weighted by Crippen LogP contribution is 2.31. The van der Waals surface area contributed by atoms with E-state index < -0.39 is 0 Å². The van der Waals surface area contributed by atoms with E-state index in [-0.39, 0.29) is 11.5 Å². The molecule has 2 aromatic heterocycles. The second-order valence-electron chi connectivity index (χ2n) is 7.86. The minimum absolute atomic E-state index is 0.0352. The van der Waals surface area contributed by atoms with E-state index in [1.54, 1.807) is 12.1 Å². The molecule has 0 N–H and O–H groups in total. The number of amides is 1. The predicted molar refractivity (Wildman–Crippen MR) is 112 cm³/mol. The second-order valence-corrected chi connectivity index (χ2v) is 8.91. The maximum absolute atomic E-state index is 13.1. The number of thiophene rings is 1. The molecule has 0 bridgehead atoms. The van der Waals surface area contributed by atoms with Crippen LogP contribution in [0.3, 0.4) is 0 Å². The summed E-state index contributed by atoms with van der Waals surface area (Å²) in [6.07, 6.45) is 6.63. The van der Waals surface area contributed by atoms with Crippen molar-refractivity contribution in [1.82, 2.24) is 9.80 Å². The fourth-order valence-electron chi connectivity index (χ4n) is 4.64.